The van der Waals surface area contributed by atoms with E-state index in [2.05, 4.69) is 10.3 Å². The summed E-state index contributed by atoms with van der Waals surface area (Å²) in [5, 5.41) is 2.71. The maximum absolute atomic E-state index is 11.7. The molecule has 6 nitrogen and oxygen atoms in total. The van der Waals surface area contributed by atoms with Crippen LogP contribution in [0.2, 0.25) is 0 Å². The van der Waals surface area contributed by atoms with Gasteiger partial charge in [-0.3, -0.25) is 4.79 Å². The zero-order valence-corrected chi connectivity index (χ0v) is 11.4. The summed E-state index contributed by atoms with van der Waals surface area (Å²) < 4.78 is 10.2. The molecule has 1 heterocycles. The Hall–Kier alpha value is -1.66. The van der Waals surface area contributed by atoms with Gasteiger partial charge in [-0.05, 0) is 12.5 Å². The van der Waals surface area contributed by atoms with Crippen LogP contribution in [-0.2, 0) is 9.53 Å². The van der Waals surface area contributed by atoms with Gasteiger partial charge in [0.2, 0.25) is 11.8 Å². The molecule has 1 rings (SSSR count). The molecule has 1 aromatic rings. The number of nitrogens with zero attached hydrogens (tertiary/aromatic N) is 1. The molecule has 0 aliphatic carbocycles. The van der Waals surface area contributed by atoms with Crippen molar-refractivity contribution in [2.75, 3.05) is 25.6 Å². The van der Waals surface area contributed by atoms with Crippen molar-refractivity contribution in [3.8, 4) is 5.88 Å². The molecule has 0 spiro atoms. The Balaban J connectivity index is 2.45. The highest BCUT2D eigenvalue weighted by Crippen LogP contribution is 2.12. The lowest BCUT2D eigenvalue weighted by atomic mass is 10.1. The molecule has 19 heavy (non-hydrogen) atoms. The van der Waals surface area contributed by atoms with Crippen molar-refractivity contribution in [3.05, 3.63) is 18.3 Å². The fourth-order valence-electron chi connectivity index (χ4n) is 1.45. The Labute approximate surface area is 113 Å². The van der Waals surface area contributed by atoms with Crippen LogP contribution in [0, 0.1) is 0 Å². The second kappa shape index (κ2) is 8.44. The fourth-order valence-corrected chi connectivity index (χ4v) is 1.45. The predicted molar refractivity (Wildman–Crippen MR) is 73.1 cm³/mol. The molecule has 1 aromatic heterocycles. The predicted octanol–water partition coefficient (Wildman–Crippen LogP) is 1.17. The van der Waals surface area contributed by atoms with Gasteiger partial charge in [0.15, 0.2) is 0 Å². The summed E-state index contributed by atoms with van der Waals surface area (Å²) >= 11 is 0. The first kappa shape index (κ1) is 15.4. The molecule has 0 aliphatic rings. The molecular weight excluding hydrogens is 246 g/mol. The van der Waals surface area contributed by atoms with Crippen LogP contribution in [0.1, 0.15) is 19.8 Å². The first-order valence-corrected chi connectivity index (χ1v) is 6.31. The second-order valence-electron chi connectivity index (χ2n) is 4.11. The molecule has 1 amide bonds. The van der Waals surface area contributed by atoms with Crippen LogP contribution >= 0.6 is 0 Å². The van der Waals surface area contributed by atoms with Gasteiger partial charge in [-0.2, -0.15) is 0 Å². The average molecular weight is 267 g/mol. The summed E-state index contributed by atoms with van der Waals surface area (Å²) in [4.78, 5) is 15.8. The lowest BCUT2D eigenvalue weighted by molar-refractivity contribution is -0.117. The number of carbonyl (C=O) groups is 1. The number of pyridine rings is 1. The van der Waals surface area contributed by atoms with Crippen molar-refractivity contribution in [2.45, 2.75) is 25.8 Å². The fraction of sp³-hybridized carbons (Fsp3) is 0.538. The molecule has 0 aliphatic heterocycles. The highest BCUT2D eigenvalue weighted by Gasteiger charge is 2.12. The van der Waals surface area contributed by atoms with Gasteiger partial charge in [-0.1, -0.05) is 13.3 Å². The Morgan fingerprint density at radius 1 is 1.47 bits per heavy atom. The van der Waals surface area contributed by atoms with Gasteiger partial charge in [0.25, 0.3) is 0 Å². The third-order valence-electron chi connectivity index (χ3n) is 2.48. The van der Waals surface area contributed by atoms with Crippen LogP contribution in [-0.4, -0.2) is 37.3 Å². The third kappa shape index (κ3) is 5.67. The van der Waals surface area contributed by atoms with Crippen LogP contribution in [0.15, 0.2) is 18.3 Å². The lowest BCUT2D eigenvalue weighted by Gasteiger charge is -2.11. The Morgan fingerprint density at radius 3 is 2.84 bits per heavy atom. The van der Waals surface area contributed by atoms with E-state index in [-0.39, 0.29) is 5.91 Å². The standard InChI is InChI=1S/C13H21N3O3/c1-3-4-11(14)13(17)16-10-5-6-12(15-9-10)19-8-7-18-2/h5-6,9,11H,3-4,7-8,14H2,1-2H3,(H,16,17)/t11-/m0/s1. The minimum absolute atomic E-state index is 0.197. The van der Waals surface area contributed by atoms with E-state index >= 15 is 0 Å². The monoisotopic (exact) mass is 267 g/mol. The van der Waals surface area contributed by atoms with Gasteiger partial charge in [-0.15, -0.1) is 0 Å². The highest BCUT2D eigenvalue weighted by atomic mass is 16.5. The molecule has 106 valence electrons. The third-order valence-corrected chi connectivity index (χ3v) is 2.48. The van der Waals surface area contributed by atoms with Crippen molar-refractivity contribution < 1.29 is 14.3 Å². The zero-order chi connectivity index (χ0) is 14.1. The molecule has 3 N–H and O–H groups in total. The Morgan fingerprint density at radius 2 is 2.26 bits per heavy atom. The minimum atomic E-state index is -0.484. The van der Waals surface area contributed by atoms with E-state index in [0.29, 0.717) is 31.2 Å². The Kier molecular flexibility index (Phi) is 6.84. The smallest absolute Gasteiger partial charge is 0.241 e. The van der Waals surface area contributed by atoms with Gasteiger partial charge in [0.1, 0.15) is 6.61 Å². The van der Waals surface area contributed by atoms with E-state index in [1.54, 1.807) is 25.4 Å². The lowest BCUT2D eigenvalue weighted by Crippen LogP contribution is -2.35. The molecule has 0 aromatic carbocycles. The van der Waals surface area contributed by atoms with E-state index in [1.165, 1.54) is 0 Å². The maximum atomic E-state index is 11.7. The molecule has 0 unspecified atom stereocenters. The van der Waals surface area contributed by atoms with Gasteiger partial charge < -0.3 is 20.5 Å². The molecule has 0 bridgehead atoms. The molecule has 1 atom stereocenters. The summed E-state index contributed by atoms with van der Waals surface area (Å²) in [6, 6.07) is 2.94. The molecule has 0 saturated heterocycles. The number of anilines is 1. The van der Waals surface area contributed by atoms with E-state index in [4.69, 9.17) is 15.2 Å². The first-order chi connectivity index (χ1) is 9.17. The molecule has 6 heteroatoms. The number of methoxy groups -OCH3 is 1. The number of hydrogen-bond acceptors (Lipinski definition) is 5. The van der Waals surface area contributed by atoms with E-state index in [0.717, 1.165) is 6.42 Å². The molecule has 0 saturated carbocycles. The summed E-state index contributed by atoms with van der Waals surface area (Å²) in [7, 11) is 1.61. The van der Waals surface area contributed by atoms with Crippen LogP contribution < -0.4 is 15.8 Å². The van der Waals surface area contributed by atoms with Gasteiger partial charge in [-0.25, -0.2) is 4.98 Å². The summed E-state index contributed by atoms with van der Waals surface area (Å²) in [6.45, 7) is 2.93. The zero-order valence-electron chi connectivity index (χ0n) is 11.4. The number of nitrogens with two attached hydrogens (primary N) is 1. The van der Waals surface area contributed by atoms with Crippen LogP contribution in [0.5, 0.6) is 5.88 Å². The summed E-state index contributed by atoms with van der Waals surface area (Å²) in [5.41, 5.74) is 6.32. The minimum Gasteiger partial charge on any atom is -0.475 e. The number of ether oxygens (including phenoxy) is 2. The van der Waals surface area contributed by atoms with E-state index in [9.17, 15) is 4.79 Å². The molecule has 0 fully saturated rings. The van der Waals surface area contributed by atoms with Gasteiger partial charge >= 0.3 is 0 Å². The first-order valence-electron chi connectivity index (χ1n) is 6.31. The van der Waals surface area contributed by atoms with Crippen molar-refractivity contribution >= 4 is 11.6 Å². The largest absolute Gasteiger partial charge is 0.475 e. The van der Waals surface area contributed by atoms with Crippen molar-refractivity contribution in [3.63, 3.8) is 0 Å². The van der Waals surface area contributed by atoms with E-state index in [1.807, 2.05) is 6.92 Å². The highest BCUT2D eigenvalue weighted by molar-refractivity contribution is 5.94. The maximum Gasteiger partial charge on any atom is 0.241 e. The van der Waals surface area contributed by atoms with Gasteiger partial charge in [0.05, 0.1) is 24.5 Å². The Bertz CT molecular complexity index is 381. The average Bonchev–Trinajstić information content (AvgIpc) is 2.41. The number of amides is 1. The van der Waals surface area contributed by atoms with Gasteiger partial charge in [0, 0.05) is 13.2 Å². The number of nitrogens with one attached hydrogen (secondary N) is 1. The molecular formula is C13H21N3O3. The van der Waals surface area contributed by atoms with Crippen LogP contribution in [0.25, 0.3) is 0 Å². The van der Waals surface area contributed by atoms with Crippen LogP contribution in [0.4, 0.5) is 5.69 Å². The second-order valence-corrected chi connectivity index (χ2v) is 4.11. The SMILES string of the molecule is CCC[C@H](N)C(=O)Nc1ccc(OCCOC)nc1. The topological polar surface area (TPSA) is 86.5 Å². The van der Waals surface area contributed by atoms with Crippen molar-refractivity contribution in [1.29, 1.82) is 0 Å². The normalized spacial score (nSPS) is 11.9. The number of hydrogen-bond donors (Lipinski definition) is 2. The van der Waals surface area contributed by atoms with Crippen molar-refractivity contribution in [1.82, 2.24) is 4.98 Å². The summed E-state index contributed by atoms with van der Waals surface area (Å²) in [5.74, 6) is 0.296. The number of aromatic nitrogens is 1. The van der Waals surface area contributed by atoms with Crippen molar-refractivity contribution in [2.24, 2.45) is 5.73 Å². The van der Waals surface area contributed by atoms with Crippen LogP contribution in [0.3, 0.4) is 0 Å². The summed E-state index contributed by atoms with van der Waals surface area (Å²) in [6.07, 6.45) is 3.08. The number of rotatable bonds is 8. The van der Waals surface area contributed by atoms with E-state index < -0.39 is 6.04 Å². The molecule has 0 radical (unpaired) electrons. The quantitative estimate of drug-likeness (QED) is 0.690. The number of carbonyl (C=O) groups excluding carboxylic acids is 1.